The van der Waals surface area contributed by atoms with Crippen molar-refractivity contribution in [3.63, 3.8) is 0 Å². The van der Waals surface area contributed by atoms with Crippen LogP contribution in [0.2, 0.25) is 0 Å². The average molecular weight is 320 g/mol. The van der Waals surface area contributed by atoms with Gasteiger partial charge in [0.05, 0.1) is 11.4 Å². The van der Waals surface area contributed by atoms with Crippen LogP contribution < -0.4 is 4.90 Å². The summed E-state index contributed by atoms with van der Waals surface area (Å²) in [5.41, 5.74) is 0.149. The lowest BCUT2D eigenvalue weighted by molar-refractivity contribution is 0.0699. The quantitative estimate of drug-likeness (QED) is 0.887. The first-order valence-electron chi connectivity index (χ1n) is 6.05. The zero-order valence-electron chi connectivity index (χ0n) is 12.3. The Morgan fingerprint density at radius 3 is 2.30 bits per heavy atom. The van der Waals surface area contributed by atoms with E-state index in [1.165, 1.54) is 6.26 Å². The van der Waals surface area contributed by atoms with E-state index in [2.05, 4.69) is 4.98 Å². The normalized spacial score (nSPS) is 12.4. The highest BCUT2D eigenvalue weighted by molar-refractivity contribution is 7.90. The molecule has 0 aliphatic carbocycles. The summed E-state index contributed by atoms with van der Waals surface area (Å²) in [7, 11) is -1.35. The predicted molar refractivity (Wildman–Crippen MR) is 80.8 cm³/mol. The second-order valence-corrected chi connectivity index (χ2v) is 9.02. The van der Waals surface area contributed by atoms with Crippen LogP contribution in [0.25, 0.3) is 0 Å². The molecule has 0 aromatic carbocycles. The molecule has 0 amide bonds. The van der Waals surface area contributed by atoms with Gasteiger partial charge in [0.25, 0.3) is 0 Å². The summed E-state index contributed by atoms with van der Waals surface area (Å²) in [5.74, 6) is -0.994. The van der Waals surface area contributed by atoms with Crippen LogP contribution in [-0.2, 0) is 15.3 Å². The smallest absolute Gasteiger partial charge is 0.347 e. The van der Waals surface area contributed by atoms with Crippen LogP contribution in [0.3, 0.4) is 0 Å². The lowest BCUT2D eigenvalue weighted by Gasteiger charge is -2.17. The predicted octanol–water partition coefficient (Wildman–Crippen LogP) is 1.62. The lowest BCUT2D eigenvalue weighted by Crippen LogP contribution is -2.25. The molecule has 20 heavy (non-hydrogen) atoms. The maximum absolute atomic E-state index is 11.3. The highest BCUT2D eigenvalue weighted by Crippen LogP contribution is 2.33. The molecule has 0 aliphatic rings. The molecular weight excluding hydrogens is 300 g/mol. The minimum Gasteiger partial charge on any atom is -0.477 e. The van der Waals surface area contributed by atoms with Gasteiger partial charge in [-0.25, -0.2) is 18.2 Å². The molecule has 1 N–H and O–H groups in total. The van der Waals surface area contributed by atoms with Crippen molar-refractivity contribution in [2.24, 2.45) is 0 Å². The van der Waals surface area contributed by atoms with E-state index in [-0.39, 0.29) is 22.6 Å². The van der Waals surface area contributed by atoms with Gasteiger partial charge in [-0.15, -0.1) is 0 Å². The third-order valence-corrected chi connectivity index (χ3v) is 4.73. The molecule has 6 nitrogen and oxygen atoms in total. The van der Waals surface area contributed by atoms with Crippen LogP contribution in [-0.4, -0.2) is 50.1 Å². The minimum absolute atomic E-state index is 0.0103. The number of carboxylic acid groups (broad SMARTS) is 1. The molecule has 8 heteroatoms. The van der Waals surface area contributed by atoms with E-state index in [0.717, 1.165) is 11.3 Å². The van der Waals surface area contributed by atoms with E-state index in [1.54, 1.807) is 11.9 Å². The fraction of sp³-hybridized carbons (Fsp3) is 0.667. The van der Waals surface area contributed by atoms with E-state index >= 15 is 0 Å². The second-order valence-electron chi connectivity index (χ2n) is 5.78. The zero-order valence-corrected chi connectivity index (χ0v) is 13.9. The Morgan fingerprint density at radius 1 is 1.40 bits per heavy atom. The van der Waals surface area contributed by atoms with Crippen molar-refractivity contribution in [2.45, 2.75) is 26.2 Å². The summed E-state index contributed by atoms with van der Waals surface area (Å²) in [6.45, 7) is 5.98. The Kier molecular flexibility index (Phi) is 4.81. The summed E-state index contributed by atoms with van der Waals surface area (Å²) in [6, 6.07) is 0. The summed E-state index contributed by atoms with van der Waals surface area (Å²) in [6.07, 6.45) is 1.17. The topological polar surface area (TPSA) is 87.6 Å². The minimum atomic E-state index is -3.06. The summed E-state index contributed by atoms with van der Waals surface area (Å²) in [5, 5.41) is 9.76. The Bertz CT molecular complexity index is 599. The fourth-order valence-electron chi connectivity index (χ4n) is 1.52. The largest absolute Gasteiger partial charge is 0.477 e. The molecule has 1 aromatic rings. The van der Waals surface area contributed by atoms with Gasteiger partial charge in [0.1, 0.15) is 14.7 Å². The second kappa shape index (κ2) is 5.69. The van der Waals surface area contributed by atoms with Gasteiger partial charge in [0, 0.05) is 25.3 Å². The van der Waals surface area contributed by atoms with Crippen LogP contribution in [0.1, 0.15) is 36.1 Å². The van der Waals surface area contributed by atoms with Crippen molar-refractivity contribution in [3.05, 3.63) is 10.6 Å². The molecule has 1 heterocycles. The first kappa shape index (κ1) is 16.9. The Balaban J connectivity index is 3.06. The molecule has 0 spiro atoms. The fourth-order valence-corrected chi connectivity index (χ4v) is 3.23. The molecule has 1 aromatic heterocycles. The van der Waals surface area contributed by atoms with Gasteiger partial charge in [0.2, 0.25) is 0 Å². The van der Waals surface area contributed by atoms with E-state index in [9.17, 15) is 18.3 Å². The summed E-state index contributed by atoms with van der Waals surface area (Å²) >= 11 is 1.07. The van der Waals surface area contributed by atoms with E-state index in [1.807, 2.05) is 20.8 Å². The third-order valence-electron chi connectivity index (χ3n) is 2.64. The SMILES string of the molecule is CN(CCS(C)(=O)=O)c1nc(C(C)(C)C)c(C(=O)O)s1. The molecule has 0 aliphatic heterocycles. The van der Waals surface area contributed by atoms with Crippen molar-refractivity contribution in [3.8, 4) is 0 Å². The molecule has 0 radical (unpaired) electrons. The molecule has 1 rings (SSSR count). The summed E-state index contributed by atoms with van der Waals surface area (Å²) in [4.78, 5) is 17.5. The van der Waals surface area contributed by atoms with Gasteiger partial charge < -0.3 is 10.0 Å². The number of thiazole rings is 1. The van der Waals surface area contributed by atoms with Gasteiger partial charge >= 0.3 is 5.97 Å². The zero-order chi connectivity index (χ0) is 15.7. The number of aromatic nitrogens is 1. The number of nitrogens with zero attached hydrogens (tertiary/aromatic N) is 2. The van der Waals surface area contributed by atoms with Crippen molar-refractivity contribution in [1.82, 2.24) is 4.98 Å². The number of aromatic carboxylic acids is 1. The molecule has 114 valence electrons. The van der Waals surface area contributed by atoms with E-state index in [0.29, 0.717) is 10.8 Å². The molecule has 0 bridgehead atoms. The highest BCUT2D eigenvalue weighted by atomic mass is 32.2. The molecule has 0 unspecified atom stereocenters. The van der Waals surface area contributed by atoms with Crippen molar-refractivity contribution >= 4 is 32.3 Å². The molecule has 0 saturated carbocycles. The number of hydrogen-bond acceptors (Lipinski definition) is 6. The van der Waals surface area contributed by atoms with E-state index < -0.39 is 15.8 Å². The lowest BCUT2D eigenvalue weighted by atomic mass is 9.91. The Morgan fingerprint density at radius 2 is 1.95 bits per heavy atom. The number of hydrogen-bond donors (Lipinski definition) is 1. The van der Waals surface area contributed by atoms with E-state index in [4.69, 9.17) is 0 Å². The average Bonchev–Trinajstić information content (AvgIpc) is 2.69. The Labute approximate surface area is 123 Å². The third kappa shape index (κ3) is 4.45. The highest BCUT2D eigenvalue weighted by Gasteiger charge is 2.28. The van der Waals surface area contributed by atoms with Crippen LogP contribution in [0.4, 0.5) is 5.13 Å². The van der Waals surface area contributed by atoms with Crippen LogP contribution in [0.5, 0.6) is 0 Å². The maximum atomic E-state index is 11.3. The summed E-state index contributed by atoms with van der Waals surface area (Å²) < 4.78 is 22.3. The first-order valence-corrected chi connectivity index (χ1v) is 8.93. The molecular formula is C12H20N2O4S2. The van der Waals surface area contributed by atoms with Crippen molar-refractivity contribution in [2.75, 3.05) is 30.5 Å². The monoisotopic (exact) mass is 320 g/mol. The Hall–Kier alpha value is -1.15. The maximum Gasteiger partial charge on any atom is 0.347 e. The van der Waals surface area contributed by atoms with Crippen molar-refractivity contribution in [1.29, 1.82) is 0 Å². The number of sulfone groups is 1. The van der Waals surface area contributed by atoms with Crippen molar-refractivity contribution < 1.29 is 18.3 Å². The van der Waals surface area contributed by atoms with Gasteiger partial charge in [-0.05, 0) is 0 Å². The number of anilines is 1. The number of carboxylic acids is 1. The van der Waals surface area contributed by atoms with Crippen LogP contribution in [0, 0.1) is 0 Å². The van der Waals surface area contributed by atoms with Crippen LogP contribution >= 0.6 is 11.3 Å². The number of rotatable bonds is 5. The molecule has 0 atom stereocenters. The first-order chi connectivity index (χ1) is 8.92. The number of carbonyl (C=O) groups is 1. The van der Waals surface area contributed by atoms with Gasteiger partial charge in [-0.1, -0.05) is 32.1 Å². The van der Waals surface area contributed by atoms with Gasteiger partial charge in [-0.3, -0.25) is 0 Å². The molecule has 0 fully saturated rings. The standard InChI is InChI=1S/C12H20N2O4S2/c1-12(2,3)9-8(10(15)16)19-11(13-9)14(4)6-7-20(5,17)18/h6-7H2,1-5H3,(H,15,16). The van der Waals surface area contributed by atoms with Gasteiger partial charge in [-0.2, -0.15) is 0 Å². The van der Waals surface area contributed by atoms with Crippen LogP contribution in [0.15, 0.2) is 0 Å². The molecule has 0 saturated heterocycles. The van der Waals surface area contributed by atoms with Gasteiger partial charge in [0.15, 0.2) is 5.13 Å².